The zero-order valence-corrected chi connectivity index (χ0v) is 11.3. The Labute approximate surface area is 106 Å². The Hall–Kier alpha value is -0.700. The molecule has 0 radical (unpaired) electrons. The molecule has 0 spiro atoms. The van der Waals surface area contributed by atoms with Crippen LogP contribution >= 0.6 is 15.9 Å². The van der Waals surface area contributed by atoms with Gasteiger partial charge >= 0.3 is 0 Å². The fourth-order valence-electron chi connectivity index (χ4n) is 2.45. The molecule has 1 aliphatic carbocycles. The summed E-state index contributed by atoms with van der Waals surface area (Å²) >= 11 is 3.42. The van der Waals surface area contributed by atoms with Gasteiger partial charge in [-0.3, -0.25) is 0 Å². The van der Waals surface area contributed by atoms with Crippen LogP contribution in [0.1, 0.15) is 32.6 Å². The number of nitrogens with two attached hydrogens (primary N) is 1. The summed E-state index contributed by atoms with van der Waals surface area (Å²) in [6.45, 7) is 2.33. The van der Waals surface area contributed by atoms with Crippen molar-refractivity contribution in [2.45, 2.75) is 38.6 Å². The third-order valence-electron chi connectivity index (χ3n) is 3.31. The molecule has 1 aliphatic rings. The van der Waals surface area contributed by atoms with E-state index in [0.29, 0.717) is 6.04 Å². The molecule has 1 aromatic carbocycles. The molecular formula is C13H19BrN2. The van der Waals surface area contributed by atoms with Gasteiger partial charge in [0.1, 0.15) is 0 Å². The lowest BCUT2D eigenvalue weighted by Gasteiger charge is -2.28. The predicted octanol–water partition coefficient (Wildman–Crippen LogP) is 4.02. The maximum atomic E-state index is 5.98. The van der Waals surface area contributed by atoms with Gasteiger partial charge in [-0.1, -0.05) is 35.7 Å². The van der Waals surface area contributed by atoms with Crippen molar-refractivity contribution in [2.75, 3.05) is 11.1 Å². The first-order valence-corrected chi connectivity index (χ1v) is 6.76. The van der Waals surface area contributed by atoms with Crippen LogP contribution in [0, 0.1) is 5.92 Å². The first-order valence-electron chi connectivity index (χ1n) is 5.96. The Morgan fingerprint density at radius 2 is 2.19 bits per heavy atom. The lowest BCUT2D eigenvalue weighted by atomic mass is 9.87. The van der Waals surface area contributed by atoms with E-state index in [4.69, 9.17) is 5.73 Å². The number of benzene rings is 1. The minimum absolute atomic E-state index is 0.590. The molecule has 88 valence electrons. The molecule has 0 bridgehead atoms. The molecule has 2 rings (SSSR count). The van der Waals surface area contributed by atoms with Gasteiger partial charge in [0.25, 0.3) is 0 Å². The van der Waals surface area contributed by atoms with Crippen LogP contribution in [-0.2, 0) is 0 Å². The van der Waals surface area contributed by atoms with Crippen LogP contribution in [0.5, 0.6) is 0 Å². The summed E-state index contributed by atoms with van der Waals surface area (Å²) < 4.78 is 1.03. The summed E-state index contributed by atoms with van der Waals surface area (Å²) in [5, 5.41) is 3.56. The van der Waals surface area contributed by atoms with E-state index in [1.807, 2.05) is 12.1 Å². The van der Waals surface area contributed by atoms with E-state index in [1.165, 1.54) is 25.7 Å². The summed E-state index contributed by atoms with van der Waals surface area (Å²) in [6.07, 6.45) is 5.22. The van der Waals surface area contributed by atoms with Crippen LogP contribution in [0.2, 0.25) is 0 Å². The molecule has 2 atom stereocenters. The van der Waals surface area contributed by atoms with Gasteiger partial charge in [0.05, 0.1) is 11.4 Å². The highest BCUT2D eigenvalue weighted by Crippen LogP contribution is 2.29. The molecular weight excluding hydrogens is 264 g/mol. The molecule has 1 fully saturated rings. The van der Waals surface area contributed by atoms with Crippen LogP contribution in [0.4, 0.5) is 11.4 Å². The summed E-state index contributed by atoms with van der Waals surface area (Å²) in [4.78, 5) is 0. The Kier molecular flexibility index (Phi) is 3.74. The monoisotopic (exact) mass is 282 g/mol. The fourth-order valence-corrected chi connectivity index (χ4v) is 2.83. The highest BCUT2D eigenvalue weighted by atomic mass is 79.9. The van der Waals surface area contributed by atoms with E-state index in [1.54, 1.807) is 0 Å². The minimum Gasteiger partial charge on any atom is -0.397 e. The largest absolute Gasteiger partial charge is 0.397 e. The maximum Gasteiger partial charge on any atom is 0.0576 e. The molecule has 3 N–H and O–H groups in total. The normalized spacial score (nSPS) is 25.4. The Bertz CT molecular complexity index is 365. The van der Waals surface area contributed by atoms with Crippen LogP contribution in [0.3, 0.4) is 0 Å². The third kappa shape index (κ3) is 2.91. The summed E-state index contributed by atoms with van der Waals surface area (Å²) in [6, 6.07) is 6.63. The van der Waals surface area contributed by atoms with Crippen LogP contribution < -0.4 is 11.1 Å². The zero-order valence-electron chi connectivity index (χ0n) is 9.67. The van der Waals surface area contributed by atoms with E-state index >= 15 is 0 Å². The number of nitrogens with one attached hydrogen (secondary N) is 1. The molecule has 0 amide bonds. The molecule has 0 heterocycles. The molecule has 0 aliphatic heterocycles. The van der Waals surface area contributed by atoms with Crippen molar-refractivity contribution in [3.8, 4) is 0 Å². The van der Waals surface area contributed by atoms with Crippen LogP contribution in [-0.4, -0.2) is 6.04 Å². The molecule has 2 nitrogen and oxygen atoms in total. The average Bonchev–Trinajstić information content (AvgIpc) is 2.22. The molecule has 2 unspecified atom stereocenters. The standard InChI is InChI=1S/C13H19BrN2/c1-9-3-2-4-11(7-9)16-13-6-5-10(14)8-12(13)15/h5-6,8-9,11,16H,2-4,7,15H2,1H3. The number of rotatable bonds is 2. The Morgan fingerprint density at radius 3 is 2.88 bits per heavy atom. The second-order valence-electron chi connectivity index (χ2n) is 4.84. The van der Waals surface area contributed by atoms with Crippen molar-refractivity contribution in [2.24, 2.45) is 5.92 Å². The van der Waals surface area contributed by atoms with Gasteiger partial charge in [-0.05, 0) is 37.0 Å². The van der Waals surface area contributed by atoms with Gasteiger partial charge in [0.15, 0.2) is 0 Å². The highest BCUT2D eigenvalue weighted by molar-refractivity contribution is 9.10. The number of anilines is 2. The number of nitrogen functional groups attached to an aromatic ring is 1. The van der Waals surface area contributed by atoms with Crippen molar-refractivity contribution in [1.29, 1.82) is 0 Å². The van der Waals surface area contributed by atoms with Crippen molar-refractivity contribution in [3.63, 3.8) is 0 Å². The number of hydrogen-bond acceptors (Lipinski definition) is 2. The molecule has 0 aromatic heterocycles. The van der Waals surface area contributed by atoms with E-state index < -0.39 is 0 Å². The smallest absolute Gasteiger partial charge is 0.0576 e. The Morgan fingerprint density at radius 1 is 1.38 bits per heavy atom. The molecule has 0 saturated heterocycles. The number of halogens is 1. The summed E-state index contributed by atoms with van der Waals surface area (Å²) in [7, 11) is 0. The van der Waals surface area contributed by atoms with Crippen molar-refractivity contribution < 1.29 is 0 Å². The molecule has 16 heavy (non-hydrogen) atoms. The first-order chi connectivity index (χ1) is 7.65. The van der Waals surface area contributed by atoms with Crippen LogP contribution in [0.15, 0.2) is 22.7 Å². The van der Waals surface area contributed by atoms with Crippen LogP contribution in [0.25, 0.3) is 0 Å². The van der Waals surface area contributed by atoms with Gasteiger partial charge in [-0.25, -0.2) is 0 Å². The van der Waals surface area contributed by atoms with Gasteiger partial charge in [0, 0.05) is 10.5 Å². The molecule has 1 saturated carbocycles. The van der Waals surface area contributed by atoms with Gasteiger partial charge in [-0.2, -0.15) is 0 Å². The predicted molar refractivity (Wildman–Crippen MR) is 73.6 cm³/mol. The minimum atomic E-state index is 0.590. The van der Waals surface area contributed by atoms with Gasteiger partial charge in [0.2, 0.25) is 0 Å². The quantitative estimate of drug-likeness (QED) is 0.804. The Balaban J connectivity index is 2.02. The van der Waals surface area contributed by atoms with Crippen molar-refractivity contribution in [3.05, 3.63) is 22.7 Å². The fraction of sp³-hybridized carbons (Fsp3) is 0.538. The van der Waals surface area contributed by atoms with E-state index in [0.717, 1.165) is 21.8 Å². The zero-order chi connectivity index (χ0) is 11.5. The third-order valence-corrected chi connectivity index (χ3v) is 3.80. The second kappa shape index (κ2) is 5.09. The molecule has 1 aromatic rings. The first kappa shape index (κ1) is 11.8. The maximum absolute atomic E-state index is 5.98. The van der Waals surface area contributed by atoms with Crippen molar-refractivity contribution >= 4 is 27.3 Å². The summed E-state index contributed by atoms with van der Waals surface area (Å²) in [5.41, 5.74) is 7.88. The van der Waals surface area contributed by atoms with Gasteiger partial charge in [-0.15, -0.1) is 0 Å². The topological polar surface area (TPSA) is 38.0 Å². The lowest BCUT2D eigenvalue weighted by Crippen LogP contribution is -2.26. The second-order valence-corrected chi connectivity index (χ2v) is 5.76. The average molecular weight is 283 g/mol. The van der Waals surface area contributed by atoms with E-state index in [-0.39, 0.29) is 0 Å². The highest BCUT2D eigenvalue weighted by Gasteiger charge is 2.18. The lowest BCUT2D eigenvalue weighted by molar-refractivity contribution is 0.359. The summed E-state index contributed by atoms with van der Waals surface area (Å²) in [5.74, 6) is 0.836. The molecule has 3 heteroatoms. The van der Waals surface area contributed by atoms with Crippen molar-refractivity contribution in [1.82, 2.24) is 0 Å². The van der Waals surface area contributed by atoms with E-state index in [2.05, 4.69) is 34.2 Å². The number of hydrogen-bond donors (Lipinski definition) is 2. The van der Waals surface area contributed by atoms with E-state index in [9.17, 15) is 0 Å². The SMILES string of the molecule is CC1CCCC(Nc2ccc(Br)cc2N)C1. The van der Waals surface area contributed by atoms with Gasteiger partial charge < -0.3 is 11.1 Å².